The number of nitrogen functional groups attached to an aromatic ring is 1. The lowest BCUT2D eigenvalue weighted by molar-refractivity contribution is 0.125. The highest BCUT2D eigenvalue weighted by molar-refractivity contribution is 5.53. The quantitative estimate of drug-likeness (QED) is 0.855. The van der Waals surface area contributed by atoms with E-state index in [0.29, 0.717) is 17.6 Å². The number of rotatable bonds is 5. The summed E-state index contributed by atoms with van der Waals surface area (Å²) >= 11 is 0. The molecule has 1 aromatic heterocycles. The summed E-state index contributed by atoms with van der Waals surface area (Å²) in [6, 6.07) is 4.11. The first-order chi connectivity index (χ1) is 8.69. The molecule has 0 aromatic carbocycles. The maximum absolute atomic E-state index is 5.88. The molecule has 19 heavy (non-hydrogen) atoms. The van der Waals surface area contributed by atoms with Crippen LogP contribution in [0, 0.1) is 0 Å². The highest BCUT2D eigenvalue weighted by atomic mass is 16.5. The summed E-state index contributed by atoms with van der Waals surface area (Å²) in [6.45, 7) is 8.89. The smallest absolute Gasteiger partial charge is 0.239 e. The molecule has 0 bridgehead atoms. The highest BCUT2D eigenvalue weighted by Gasteiger charge is 2.15. The molecule has 0 aliphatic carbocycles. The lowest BCUT2D eigenvalue weighted by Crippen LogP contribution is -2.31. The lowest BCUT2D eigenvalue weighted by atomic mass is 10.2. The third-order valence-corrected chi connectivity index (χ3v) is 2.75. The van der Waals surface area contributed by atoms with E-state index < -0.39 is 0 Å². The normalized spacial score (nSPS) is 13.4. The zero-order valence-electron chi connectivity index (χ0n) is 12.8. The second kappa shape index (κ2) is 6.10. The van der Waals surface area contributed by atoms with Gasteiger partial charge in [0.05, 0.1) is 5.69 Å². The van der Waals surface area contributed by atoms with Crippen LogP contribution in [-0.4, -0.2) is 42.2 Å². The Hall–Kier alpha value is -1.49. The van der Waals surface area contributed by atoms with Gasteiger partial charge < -0.3 is 20.7 Å². The molecule has 1 rings (SSSR count). The first kappa shape index (κ1) is 15.6. The summed E-state index contributed by atoms with van der Waals surface area (Å²) in [6.07, 6.45) is 0. The number of nitrogens with one attached hydrogen (secondary N) is 1. The van der Waals surface area contributed by atoms with E-state index in [2.05, 4.69) is 36.2 Å². The van der Waals surface area contributed by atoms with E-state index in [1.165, 1.54) is 0 Å². The van der Waals surface area contributed by atoms with Crippen LogP contribution in [0.15, 0.2) is 12.1 Å². The molecule has 0 radical (unpaired) electrons. The molecule has 0 fully saturated rings. The van der Waals surface area contributed by atoms with Crippen LogP contribution in [0.25, 0.3) is 0 Å². The maximum atomic E-state index is 5.88. The van der Waals surface area contributed by atoms with E-state index in [1.54, 1.807) is 0 Å². The van der Waals surface area contributed by atoms with Crippen LogP contribution in [0.5, 0.6) is 5.88 Å². The molecule has 1 aromatic rings. The fraction of sp³-hybridized carbons (Fsp3) is 0.643. The van der Waals surface area contributed by atoms with Gasteiger partial charge in [-0.05, 0) is 53.9 Å². The van der Waals surface area contributed by atoms with Gasteiger partial charge in [0.1, 0.15) is 11.4 Å². The average molecular weight is 266 g/mol. The molecule has 108 valence electrons. The average Bonchev–Trinajstić information content (AvgIpc) is 2.27. The summed E-state index contributed by atoms with van der Waals surface area (Å²) in [5.74, 6) is 1.26. The van der Waals surface area contributed by atoms with Crippen LogP contribution in [0.2, 0.25) is 0 Å². The van der Waals surface area contributed by atoms with E-state index in [1.807, 2.05) is 32.9 Å². The minimum atomic E-state index is -0.309. The Morgan fingerprint density at radius 1 is 1.37 bits per heavy atom. The Morgan fingerprint density at radius 2 is 2.00 bits per heavy atom. The van der Waals surface area contributed by atoms with Gasteiger partial charge in [-0.15, -0.1) is 0 Å². The van der Waals surface area contributed by atoms with Crippen LogP contribution in [0.3, 0.4) is 0 Å². The molecule has 1 unspecified atom stereocenters. The summed E-state index contributed by atoms with van der Waals surface area (Å²) < 4.78 is 5.74. The number of hydrogen-bond donors (Lipinski definition) is 2. The van der Waals surface area contributed by atoms with E-state index >= 15 is 0 Å². The van der Waals surface area contributed by atoms with E-state index in [4.69, 9.17) is 10.5 Å². The number of pyridine rings is 1. The first-order valence-corrected chi connectivity index (χ1v) is 6.55. The molecule has 0 aliphatic heterocycles. The number of ether oxygens (including phenoxy) is 1. The molecular weight excluding hydrogens is 240 g/mol. The van der Waals surface area contributed by atoms with Gasteiger partial charge in [0.2, 0.25) is 5.88 Å². The Morgan fingerprint density at radius 3 is 2.53 bits per heavy atom. The van der Waals surface area contributed by atoms with Crippen molar-refractivity contribution in [1.29, 1.82) is 0 Å². The number of anilines is 2. The number of aromatic nitrogens is 1. The van der Waals surface area contributed by atoms with Crippen molar-refractivity contribution >= 4 is 11.5 Å². The fourth-order valence-corrected chi connectivity index (χ4v) is 1.36. The van der Waals surface area contributed by atoms with Crippen LogP contribution in [-0.2, 0) is 0 Å². The highest BCUT2D eigenvalue weighted by Crippen LogP contribution is 2.24. The Kier molecular flexibility index (Phi) is 5.00. The topological polar surface area (TPSA) is 63.4 Å². The molecular formula is C14H26N4O. The van der Waals surface area contributed by atoms with Crippen molar-refractivity contribution in [3.05, 3.63) is 12.1 Å². The number of likely N-dealkylation sites (N-methyl/N-ethyl adjacent to an activating group) is 1. The van der Waals surface area contributed by atoms with E-state index in [0.717, 1.165) is 12.4 Å². The molecule has 5 nitrogen and oxygen atoms in total. The Labute approximate surface area is 116 Å². The monoisotopic (exact) mass is 266 g/mol. The van der Waals surface area contributed by atoms with Crippen molar-refractivity contribution in [2.75, 3.05) is 31.7 Å². The van der Waals surface area contributed by atoms with Crippen LogP contribution in [0.1, 0.15) is 27.7 Å². The molecule has 0 amide bonds. The molecule has 3 N–H and O–H groups in total. The van der Waals surface area contributed by atoms with Gasteiger partial charge in [-0.1, -0.05) is 0 Å². The molecule has 1 heterocycles. The van der Waals surface area contributed by atoms with Crippen molar-refractivity contribution in [2.45, 2.75) is 39.3 Å². The van der Waals surface area contributed by atoms with Gasteiger partial charge in [0, 0.05) is 12.6 Å². The summed E-state index contributed by atoms with van der Waals surface area (Å²) in [7, 11) is 4.10. The van der Waals surface area contributed by atoms with Crippen molar-refractivity contribution in [1.82, 2.24) is 9.88 Å². The molecule has 5 heteroatoms. The van der Waals surface area contributed by atoms with E-state index in [-0.39, 0.29) is 5.60 Å². The summed E-state index contributed by atoms with van der Waals surface area (Å²) in [4.78, 5) is 6.56. The van der Waals surface area contributed by atoms with Crippen molar-refractivity contribution < 1.29 is 4.74 Å². The second-order valence-corrected chi connectivity index (χ2v) is 6.00. The fourth-order valence-electron chi connectivity index (χ4n) is 1.36. The van der Waals surface area contributed by atoms with Gasteiger partial charge in [-0.3, -0.25) is 0 Å². The largest absolute Gasteiger partial charge is 0.470 e. The van der Waals surface area contributed by atoms with Crippen LogP contribution >= 0.6 is 0 Å². The predicted molar refractivity (Wildman–Crippen MR) is 80.7 cm³/mol. The minimum Gasteiger partial charge on any atom is -0.470 e. The zero-order valence-corrected chi connectivity index (χ0v) is 12.8. The molecule has 0 aliphatic rings. The van der Waals surface area contributed by atoms with Gasteiger partial charge in [0.25, 0.3) is 0 Å². The summed E-state index contributed by atoms with van der Waals surface area (Å²) in [5.41, 5.74) is 6.13. The molecule has 0 saturated carbocycles. The van der Waals surface area contributed by atoms with Crippen LogP contribution in [0.4, 0.5) is 11.5 Å². The van der Waals surface area contributed by atoms with Crippen molar-refractivity contribution in [2.24, 2.45) is 0 Å². The predicted octanol–water partition coefficient (Wildman–Crippen LogP) is 2.20. The maximum Gasteiger partial charge on any atom is 0.239 e. The van der Waals surface area contributed by atoms with Gasteiger partial charge in [0.15, 0.2) is 0 Å². The number of nitrogens with two attached hydrogens (primary N) is 1. The third kappa shape index (κ3) is 5.34. The molecule has 1 atom stereocenters. The number of hydrogen-bond acceptors (Lipinski definition) is 5. The van der Waals surface area contributed by atoms with Crippen LogP contribution < -0.4 is 15.8 Å². The van der Waals surface area contributed by atoms with Gasteiger partial charge in [-0.2, -0.15) is 4.98 Å². The Balaban J connectivity index is 2.73. The second-order valence-electron chi connectivity index (χ2n) is 6.00. The number of nitrogens with zero attached hydrogens (tertiary/aromatic N) is 2. The lowest BCUT2D eigenvalue weighted by Gasteiger charge is -2.23. The van der Waals surface area contributed by atoms with Crippen molar-refractivity contribution in [3.63, 3.8) is 0 Å². The molecule has 0 saturated heterocycles. The first-order valence-electron chi connectivity index (χ1n) is 6.55. The standard InChI is InChI=1S/C14H26N4O/c1-10(18(5)6)9-16-12-8-7-11(15)13(17-12)19-14(2,3)4/h7-8,10H,9,15H2,1-6H3,(H,16,17). The summed E-state index contributed by atoms with van der Waals surface area (Å²) in [5, 5.41) is 3.29. The van der Waals surface area contributed by atoms with Gasteiger partial charge in [-0.25, -0.2) is 0 Å². The SMILES string of the molecule is CC(CNc1ccc(N)c(OC(C)(C)C)n1)N(C)C. The zero-order chi connectivity index (χ0) is 14.6. The van der Waals surface area contributed by atoms with Gasteiger partial charge >= 0.3 is 0 Å². The van der Waals surface area contributed by atoms with Crippen molar-refractivity contribution in [3.8, 4) is 5.88 Å². The van der Waals surface area contributed by atoms with E-state index in [9.17, 15) is 0 Å². The molecule has 0 spiro atoms. The third-order valence-electron chi connectivity index (χ3n) is 2.75. The minimum absolute atomic E-state index is 0.309. The Bertz CT molecular complexity index is 412.